The second-order valence-corrected chi connectivity index (χ2v) is 6.38. The summed E-state index contributed by atoms with van der Waals surface area (Å²) in [6.45, 7) is 2.70. The lowest BCUT2D eigenvalue weighted by molar-refractivity contribution is -0.873. The Bertz CT molecular complexity index is 233. The quantitative estimate of drug-likeness (QED) is 0.393. The summed E-state index contributed by atoms with van der Waals surface area (Å²) in [6.07, 6.45) is 3.44. The third-order valence-electron chi connectivity index (χ3n) is 2.17. The van der Waals surface area contributed by atoms with Crippen LogP contribution in [0.2, 0.25) is 0 Å². The van der Waals surface area contributed by atoms with Crippen LogP contribution in [-0.2, 0) is 9.09 Å². The fraction of sp³-hybridized carbons (Fsp3) is 1.00. The van der Waals surface area contributed by atoms with Crippen LogP contribution >= 0.6 is 7.82 Å². The van der Waals surface area contributed by atoms with Crippen LogP contribution in [0, 0.1) is 0 Å². The van der Waals surface area contributed by atoms with Gasteiger partial charge in [0.2, 0.25) is 0 Å². The van der Waals surface area contributed by atoms with E-state index in [0.29, 0.717) is 17.4 Å². The molecule has 16 heavy (non-hydrogen) atoms. The molecule has 0 saturated carbocycles. The van der Waals surface area contributed by atoms with Crippen molar-refractivity contribution in [3.63, 3.8) is 0 Å². The molecule has 0 amide bonds. The summed E-state index contributed by atoms with van der Waals surface area (Å²) in [4.78, 5) is 17.6. The van der Waals surface area contributed by atoms with Gasteiger partial charge in [-0.05, 0) is 6.42 Å². The van der Waals surface area contributed by atoms with Gasteiger partial charge in [-0.25, -0.2) is 4.57 Å². The Morgan fingerprint density at radius 3 is 2.19 bits per heavy atom. The van der Waals surface area contributed by atoms with E-state index in [1.165, 1.54) is 0 Å². The second-order valence-electron chi connectivity index (χ2n) is 5.19. The highest BCUT2D eigenvalue weighted by Crippen LogP contribution is 2.38. The van der Waals surface area contributed by atoms with Crippen LogP contribution < -0.4 is 0 Å². The molecule has 0 aromatic heterocycles. The highest BCUT2D eigenvalue weighted by Gasteiger charge is 2.26. The standard InChI is InChI=1S/C10H24NO4P/c1-5-6-7-8-10(9-11(2,3)4)15-16(12,13)14/h10H,5-9H2,1-4H3,(H-,12,13,14)/p+1. The van der Waals surface area contributed by atoms with E-state index >= 15 is 0 Å². The third kappa shape index (κ3) is 10.6. The summed E-state index contributed by atoms with van der Waals surface area (Å²) >= 11 is 0. The molecule has 0 aliphatic heterocycles. The Morgan fingerprint density at radius 2 is 1.81 bits per heavy atom. The summed E-state index contributed by atoms with van der Waals surface area (Å²) in [5.74, 6) is 0. The number of phosphoric acid groups is 1. The number of nitrogens with zero attached hydrogens (tertiary/aromatic N) is 1. The van der Waals surface area contributed by atoms with Crippen molar-refractivity contribution in [1.29, 1.82) is 0 Å². The van der Waals surface area contributed by atoms with Crippen molar-refractivity contribution in [3.05, 3.63) is 0 Å². The largest absolute Gasteiger partial charge is 0.470 e. The van der Waals surface area contributed by atoms with E-state index in [0.717, 1.165) is 19.3 Å². The van der Waals surface area contributed by atoms with Crippen LogP contribution in [0.15, 0.2) is 0 Å². The zero-order valence-corrected chi connectivity index (χ0v) is 11.6. The van der Waals surface area contributed by atoms with Gasteiger partial charge in [-0.1, -0.05) is 26.2 Å². The van der Waals surface area contributed by atoms with Gasteiger partial charge in [-0.2, -0.15) is 0 Å². The zero-order chi connectivity index (χ0) is 12.8. The Morgan fingerprint density at radius 1 is 1.25 bits per heavy atom. The van der Waals surface area contributed by atoms with Crippen LogP contribution in [-0.4, -0.2) is 48.1 Å². The van der Waals surface area contributed by atoms with E-state index in [9.17, 15) is 4.57 Å². The molecule has 0 spiro atoms. The van der Waals surface area contributed by atoms with E-state index in [2.05, 4.69) is 6.92 Å². The van der Waals surface area contributed by atoms with Crippen molar-refractivity contribution in [2.75, 3.05) is 27.7 Å². The van der Waals surface area contributed by atoms with Crippen molar-refractivity contribution in [1.82, 2.24) is 0 Å². The van der Waals surface area contributed by atoms with Gasteiger partial charge < -0.3 is 14.3 Å². The molecule has 0 aromatic carbocycles. The lowest BCUT2D eigenvalue weighted by Crippen LogP contribution is -2.42. The highest BCUT2D eigenvalue weighted by molar-refractivity contribution is 7.46. The first-order valence-corrected chi connectivity index (χ1v) is 7.21. The maximum absolute atomic E-state index is 10.8. The van der Waals surface area contributed by atoms with E-state index in [4.69, 9.17) is 14.3 Å². The molecule has 0 bridgehead atoms. The number of rotatable bonds is 8. The predicted molar refractivity (Wildman–Crippen MR) is 64.0 cm³/mol. The molecule has 0 heterocycles. The lowest BCUT2D eigenvalue weighted by Gasteiger charge is -2.29. The van der Waals surface area contributed by atoms with Gasteiger partial charge in [0.15, 0.2) is 0 Å². The maximum Gasteiger partial charge on any atom is 0.470 e. The monoisotopic (exact) mass is 254 g/mol. The van der Waals surface area contributed by atoms with Crippen LogP contribution in [0.4, 0.5) is 0 Å². The van der Waals surface area contributed by atoms with E-state index in [1.54, 1.807) is 0 Å². The minimum absolute atomic E-state index is 0.368. The van der Waals surface area contributed by atoms with Gasteiger partial charge in [0.1, 0.15) is 12.6 Å². The van der Waals surface area contributed by atoms with Gasteiger partial charge in [0.05, 0.1) is 21.1 Å². The van der Waals surface area contributed by atoms with Crippen LogP contribution in [0.3, 0.4) is 0 Å². The van der Waals surface area contributed by atoms with Gasteiger partial charge in [0, 0.05) is 0 Å². The molecule has 2 N–H and O–H groups in total. The predicted octanol–water partition coefficient (Wildman–Crippen LogP) is 1.75. The fourth-order valence-electron chi connectivity index (χ4n) is 1.60. The fourth-order valence-corrected chi connectivity index (χ4v) is 2.16. The smallest absolute Gasteiger partial charge is 0.329 e. The minimum atomic E-state index is -4.37. The van der Waals surface area contributed by atoms with Crippen molar-refractivity contribution in [2.24, 2.45) is 0 Å². The van der Waals surface area contributed by atoms with Crippen molar-refractivity contribution >= 4 is 7.82 Å². The number of hydrogen-bond acceptors (Lipinski definition) is 2. The lowest BCUT2D eigenvalue weighted by atomic mass is 10.1. The molecule has 0 fully saturated rings. The van der Waals surface area contributed by atoms with E-state index in [-0.39, 0.29) is 6.10 Å². The summed E-state index contributed by atoms with van der Waals surface area (Å²) in [5, 5.41) is 0. The molecule has 0 aliphatic rings. The molecule has 0 aliphatic carbocycles. The van der Waals surface area contributed by atoms with Crippen molar-refractivity contribution < 1.29 is 23.4 Å². The molecule has 0 radical (unpaired) electrons. The molecule has 0 rings (SSSR count). The minimum Gasteiger partial charge on any atom is -0.329 e. The first-order chi connectivity index (χ1) is 7.14. The number of likely N-dealkylation sites (N-methyl/N-ethyl adjacent to an activating group) is 1. The van der Waals surface area contributed by atoms with Crippen LogP contribution in [0.5, 0.6) is 0 Å². The number of hydrogen-bond donors (Lipinski definition) is 2. The van der Waals surface area contributed by atoms with E-state index < -0.39 is 7.82 Å². The SMILES string of the molecule is CCCCCC(C[N+](C)(C)C)OP(=O)(O)O. The van der Waals surface area contributed by atoms with E-state index in [1.807, 2.05) is 21.1 Å². The molecular formula is C10H25NO4P+. The summed E-state index contributed by atoms with van der Waals surface area (Å²) in [7, 11) is 1.58. The molecular weight excluding hydrogens is 229 g/mol. The zero-order valence-electron chi connectivity index (χ0n) is 10.7. The molecule has 0 saturated heterocycles. The molecule has 0 aromatic rings. The molecule has 1 atom stereocenters. The number of phosphoric ester groups is 1. The normalized spacial score (nSPS) is 15.1. The van der Waals surface area contributed by atoms with Gasteiger partial charge in [-0.3, -0.25) is 4.52 Å². The summed E-state index contributed by atoms with van der Waals surface area (Å²) < 4.78 is 16.3. The highest BCUT2D eigenvalue weighted by atomic mass is 31.2. The number of quaternary nitrogens is 1. The number of unbranched alkanes of at least 4 members (excludes halogenated alkanes) is 2. The Hall–Kier alpha value is 0.0700. The van der Waals surface area contributed by atoms with Gasteiger partial charge in [0.25, 0.3) is 0 Å². The first kappa shape index (κ1) is 16.1. The molecule has 5 nitrogen and oxygen atoms in total. The van der Waals surface area contributed by atoms with Gasteiger partial charge in [-0.15, -0.1) is 0 Å². The average Bonchev–Trinajstić information content (AvgIpc) is 1.97. The van der Waals surface area contributed by atoms with Crippen molar-refractivity contribution in [2.45, 2.75) is 38.7 Å². The third-order valence-corrected chi connectivity index (χ3v) is 2.74. The topological polar surface area (TPSA) is 66.8 Å². The Balaban J connectivity index is 4.22. The van der Waals surface area contributed by atoms with Gasteiger partial charge >= 0.3 is 7.82 Å². The first-order valence-electron chi connectivity index (χ1n) is 5.68. The Kier molecular flexibility index (Phi) is 6.75. The summed E-state index contributed by atoms with van der Waals surface area (Å²) in [6, 6.07) is 0. The molecule has 6 heteroatoms. The molecule has 1 unspecified atom stereocenters. The maximum atomic E-state index is 10.8. The van der Waals surface area contributed by atoms with Crippen LogP contribution in [0.1, 0.15) is 32.6 Å². The average molecular weight is 254 g/mol. The Labute approximate surface area is 98.2 Å². The van der Waals surface area contributed by atoms with Crippen molar-refractivity contribution in [3.8, 4) is 0 Å². The van der Waals surface area contributed by atoms with Crippen LogP contribution in [0.25, 0.3) is 0 Å². The molecule has 98 valence electrons. The second kappa shape index (κ2) is 6.72. The summed E-state index contributed by atoms with van der Waals surface area (Å²) in [5.41, 5.74) is 0.